The lowest BCUT2D eigenvalue weighted by atomic mass is 10.1. The van der Waals surface area contributed by atoms with Gasteiger partial charge in [-0.15, -0.1) is 0 Å². The second-order valence-electron chi connectivity index (χ2n) is 3.02. The molecule has 86 valence electrons. The molecule has 1 atom stereocenters. The molecule has 1 rings (SSSR count). The molecule has 0 amide bonds. The molecule has 0 saturated heterocycles. The van der Waals surface area contributed by atoms with Crippen molar-refractivity contribution in [2.75, 3.05) is 7.11 Å². The fourth-order valence-electron chi connectivity index (χ4n) is 1.17. The van der Waals surface area contributed by atoms with Crippen molar-refractivity contribution < 1.29 is 23.0 Å². The van der Waals surface area contributed by atoms with E-state index in [0.29, 0.717) is 0 Å². The second-order valence-corrected chi connectivity index (χ2v) is 3.02. The molecule has 0 aliphatic carbocycles. The van der Waals surface area contributed by atoms with E-state index in [1.807, 2.05) is 0 Å². The first-order valence-corrected chi connectivity index (χ1v) is 4.23. The van der Waals surface area contributed by atoms with Crippen LogP contribution >= 0.6 is 0 Å². The molecule has 0 heterocycles. The first kappa shape index (κ1) is 12.3. The Hall–Kier alpha value is -1.74. The van der Waals surface area contributed by atoms with Gasteiger partial charge in [0, 0.05) is 0 Å². The van der Waals surface area contributed by atoms with E-state index in [0.717, 1.165) is 12.1 Å². The molecule has 0 aromatic heterocycles. The van der Waals surface area contributed by atoms with Crippen LogP contribution in [0.4, 0.5) is 13.2 Å². The standard InChI is InChI=1S/C10H8F3NO2/c1-16-8-3-2-6(4-7(8)5-14)9(15)10(11,12)13/h2-4,9,15H,1H3. The second kappa shape index (κ2) is 4.41. The molecular formula is C10H8F3NO2. The topological polar surface area (TPSA) is 53.2 Å². The minimum atomic E-state index is -4.75. The summed E-state index contributed by atoms with van der Waals surface area (Å²) >= 11 is 0. The highest BCUT2D eigenvalue weighted by atomic mass is 19.4. The smallest absolute Gasteiger partial charge is 0.418 e. The van der Waals surface area contributed by atoms with E-state index < -0.39 is 12.3 Å². The lowest BCUT2D eigenvalue weighted by Crippen LogP contribution is -2.20. The van der Waals surface area contributed by atoms with Gasteiger partial charge in [-0.2, -0.15) is 18.4 Å². The van der Waals surface area contributed by atoms with Crippen molar-refractivity contribution in [1.82, 2.24) is 0 Å². The average Bonchev–Trinajstić information content (AvgIpc) is 2.25. The number of hydrogen-bond acceptors (Lipinski definition) is 3. The van der Waals surface area contributed by atoms with Gasteiger partial charge in [0.25, 0.3) is 0 Å². The lowest BCUT2D eigenvalue weighted by Gasteiger charge is -2.15. The van der Waals surface area contributed by atoms with Gasteiger partial charge in [0.05, 0.1) is 12.7 Å². The molecular weight excluding hydrogens is 223 g/mol. The zero-order chi connectivity index (χ0) is 12.3. The summed E-state index contributed by atoms with van der Waals surface area (Å²) in [7, 11) is 1.30. The molecule has 0 saturated carbocycles. The number of nitrogens with zero attached hydrogens (tertiary/aromatic N) is 1. The largest absolute Gasteiger partial charge is 0.495 e. The summed E-state index contributed by atoms with van der Waals surface area (Å²) in [4.78, 5) is 0. The SMILES string of the molecule is COc1ccc(C(O)C(F)(F)F)cc1C#N. The molecule has 16 heavy (non-hydrogen) atoms. The Morgan fingerprint density at radius 2 is 2.06 bits per heavy atom. The predicted octanol–water partition coefficient (Wildman–Crippen LogP) is 2.16. The highest BCUT2D eigenvalue weighted by Gasteiger charge is 2.39. The van der Waals surface area contributed by atoms with Crippen molar-refractivity contribution in [3.63, 3.8) is 0 Å². The third kappa shape index (κ3) is 2.44. The van der Waals surface area contributed by atoms with Crippen LogP contribution in [-0.2, 0) is 0 Å². The average molecular weight is 231 g/mol. The summed E-state index contributed by atoms with van der Waals surface area (Å²) in [6, 6.07) is 4.92. The third-order valence-electron chi connectivity index (χ3n) is 1.97. The van der Waals surface area contributed by atoms with Crippen molar-refractivity contribution >= 4 is 0 Å². The maximum atomic E-state index is 12.2. The molecule has 0 bridgehead atoms. The van der Waals surface area contributed by atoms with Gasteiger partial charge in [-0.3, -0.25) is 0 Å². The summed E-state index contributed by atoms with van der Waals surface area (Å²) < 4.78 is 41.3. The molecule has 1 unspecified atom stereocenters. The van der Waals surface area contributed by atoms with E-state index in [1.54, 1.807) is 6.07 Å². The van der Waals surface area contributed by atoms with E-state index in [-0.39, 0.29) is 16.9 Å². The Bertz CT molecular complexity index is 423. The molecule has 0 spiro atoms. The van der Waals surface area contributed by atoms with Gasteiger partial charge < -0.3 is 9.84 Å². The monoisotopic (exact) mass is 231 g/mol. The number of hydrogen-bond donors (Lipinski definition) is 1. The molecule has 0 fully saturated rings. The van der Waals surface area contributed by atoms with Crippen LogP contribution in [0, 0.1) is 11.3 Å². The molecule has 1 N–H and O–H groups in total. The van der Waals surface area contributed by atoms with Gasteiger partial charge in [0.1, 0.15) is 11.8 Å². The van der Waals surface area contributed by atoms with Gasteiger partial charge in [-0.05, 0) is 17.7 Å². The number of halogens is 3. The zero-order valence-corrected chi connectivity index (χ0v) is 8.25. The Kier molecular flexibility index (Phi) is 3.40. The van der Waals surface area contributed by atoms with E-state index in [2.05, 4.69) is 0 Å². The fourth-order valence-corrected chi connectivity index (χ4v) is 1.17. The molecule has 0 aliphatic heterocycles. The minimum Gasteiger partial charge on any atom is -0.495 e. The quantitative estimate of drug-likeness (QED) is 0.848. The number of aliphatic hydroxyl groups excluding tert-OH is 1. The number of aliphatic hydroxyl groups is 1. The highest BCUT2D eigenvalue weighted by molar-refractivity contribution is 5.46. The fraction of sp³-hybridized carbons (Fsp3) is 0.300. The lowest BCUT2D eigenvalue weighted by molar-refractivity contribution is -0.206. The maximum Gasteiger partial charge on any atom is 0.418 e. The van der Waals surface area contributed by atoms with Crippen LogP contribution in [0.3, 0.4) is 0 Å². The summed E-state index contributed by atoms with van der Waals surface area (Å²) in [5, 5.41) is 17.6. The van der Waals surface area contributed by atoms with Crippen LogP contribution in [0.5, 0.6) is 5.75 Å². The molecule has 1 aromatic carbocycles. The van der Waals surface area contributed by atoms with Crippen molar-refractivity contribution in [3.05, 3.63) is 29.3 Å². The van der Waals surface area contributed by atoms with Crippen LogP contribution in [0.2, 0.25) is 0 Å². The van der Waals surface area contributed by atoms with Crippen LogP contribution in [0.15, 0.2) is 18.2 Å². The van der Waals surface area contributed by atoms with Crippen molar-refractivity contribution in [2.45, 2.75) is 12.3 Å². The number of rotatable bonds is 2. The highest BCUT2D eigenvalue weighted by Crippen LogP contribution is 2.34. The van der Waals surface area contributed by atoms with E-state index in [1.165, 1.54) is 13.2 Å². The summed E-state index contributed by atoms with van der Waals surface area (Å²) in [5.41, 5.74) is -0.437. The number of benzene rings is 1. The maximum absolute atomic E-state index is 12.2. The normalized spacial score (nSPS) is 13.0. The summed E-state index contributed by atoms with van der Waals surface area (Å²) in [6.45, 7) is 0. The van der Waals surface area contributed by atoms with E-state index >= 15 is 0 Å². The van der Waals surface area contributed by atoms with E-state index in [4.69, 9.17) is 15.1 Å². The number of methoxy groups -OCH3 is 1. The minimum absolute atomic E-state index is 0.0525. The third-order valence-corrected chi connectivity index (χ3v) is 1.97. The summed E-state index contributed by atoms with van der Waals surface area (Å²) in [6.07, 6.45) is -7.34. The molecule has 0 radical (unpaired) electrons. The number of ether oxygens (including phenoxy) is 1. The Labute approximate surface area is 89.7 Å². The number of nitriles is 1. The molecule has 0 aliphatic rings. The van der Waals surface area contributed by atoms with Crippen LogP contribution in [-0.4, -0.2) is 18.4 Å². The molecule has 1 aromatic rings. The van der Waals surface area contributed by atoms with Crippen molar-refractivity contribution in [1.29, 1.82) is 5.26 Å². The van der Waals surface area contributed by atoms with Crippen LogP contribution in [0.1, 0.15) is 17.2 Å². The van der Waals surface area contributed by atoms with Gasteiger partial charge >= 0.3 is 6.18 Å². The first-order valence-electron chi connectivity index (χ1n) is 4.23. The first-order chi connectivity index (χ1) is 7.40. The number of alkyl halides is 3. The molecule has 3 nitrogen and oxygen atoms in total. The summed E-state index contributed by atoms with van der Waals surface area (Å²) in [5.74, 6) is 0.167. The van der Waals surface area contributed by atoms with Gasteiger partial charge in [0.15, 0.2) is 6.10 Å². The van der Waals surface area contributed by atoms with Crippen molar-refractivity contribution in [3.8, 4) is 11.8 Å². The van der Waals surface area contributed by atoms with Crippen LogP contribution < -0.4 is 4.74 Å². The van der Waals surface area contributed by atoms with Crippen LogP contribution in [0.25, 0.3) is 0 Å². The zero-order valence-electron chi connectivity index (χ0n) is 8.25. The van der Waals surface area contributed by atoms with Gasteiger partial charge in [0.2, 0.25) is 0 Å². The Morgan fingerprint density at radius 1 is 1.44 bits per heavy atom. The van der Waals surface area contributed by atoms with Gasteiger partial charge in [-0.1, -0.05) is 6.07 Å². The molecule has 6 heteroatoms. The predicted molar refractivity (Wildman–Crippen MR) is 48.7 cm³/mol. The van der Waals surface area contributed by atoms with E-state index in [9.17, 15) is 13.2 Å². The van der Waals surface area contributed by atoms with Crippen molar-refractivity contribution in [2.24, 2.45) is 0 Å². The Morgan fingerprint density at radius 3 is 2.50 bits per heavy atom. The Balaban J connectivity index is 3.15. The van der Waals surface area contributed by atoms with Gasteiger partial charge in [-0.25, -0.2) is 0 Å².